The van der Waals surface area contributed by atoms with E-state index in [1.54, 1.807) is 29.8 Å². The molecule has 0 bridgehead atoms. The Morgan fingerprint density at radius 2 is 2.07 bits per heavy atom. The lowest BCUT2D eigenvalue weighted by molar-refractivity contribution is -0.118. The minimum atomic E-state index is -0.235. The van der Waals surface area contributed by atoms with E-state index in [-0.39, 0.29) is 19.1 Å². The van der Waals surface area contributed by atoms with Crippen LogP contribution in [0.1, 0.15) is 17.0 Å². The number of carbonyl (C=O) groups excluding carboxylic acids is 1. The number of hydrogen-bond acceptors (Lipinski definition) is 5. The molecule has 1 N–H and O–H groups in total. The largest absolute Gasteiger partial charge is 0.485 e. The second-order valence-corrected chi connectivity index (χ2v) is 6.02. The van der Waals surface area contributed by atoms with Crippen molar-refractivity contribution in [1.82, 2.24) is 9.78 Å². The summed E-state index contributed by atoms with van der Waals surface area (Å²) >= 11 is 0. The molecule has 0 saturated heterocycles. The summed E-state index contributed by atoms with van der Waals surface area (Å²) < 4.78 is 13.1. The highest BCUT2D eigenvalue weighted by Crippen LogP contribution is 2.37. The highest BCUT2D eigenvalue weighted by Gasteiger charge is 2.22. The van der Waals surface area contributed by atoms with Gasteiger partial charge in [-0.3, -0.25) is 4.79 Å². The van der Waals surface area contributed by atoms with Crippen LogP contribution < -0.4 is 14.8 Å². The number of fused-ring (bicyclic) bond motifs is 1. The molecule has 3 aromatic rings. The number of ether oxygens (including phenoxy) is 2. The second-order valence-electron chi connectivity index (χ2n) is 6.02. The van der Waals surface area contributed by atoms with Gasteiger partial charge in [0.05, 0.1) is 17.1 Å². The van der Waals surface area contributed by atoms with Crippen LogP contribution in [0.3, 0.4) is 0 Å². The quantitative estimate of drug-likeness (QED) is 0.773. The van der Waals surface area contributed by atoms with Gasteiger partial charge in [0.15, 0.2) is 6.61 Å². The van der Waals surface area contributed by atoms with E-state index >= 15 is 0 Å². The predicted octanol–water partition coefficient (Wildman–Crippen LogP) is 2.96. The molecule has 4 rings (SSSR count). The molecule has 0 saturated carbocycles. The van der Waals surface area contributed by atoms with E-state index < -0.39 is 0 Å². The van der Waals surface area contributed by atoms with Crippen LogP contribution in [0.25, 0.3) is 5.69 Å². The molecule has 2 aromatic carbocycles. The number of amides is 1. The molecule has 0 radical (unpaired) electrons. The maximum atomic E-state index is 11.6. The number of para-hydroxylation sites is 2. The van der Waals surface area contributed by atoms with Crippen molar-refractivity contribution >= 4 is 11.6 Å². The molecule has 1 aliphatic rings. The molecule has 1 amide bonds. The Morgan fingerprint density at radius 3 is 2.85 bits per heavy atom. The van der Waals surface area contributed by atoms with Crippen LogP contribution >= 0.6 is 0 Å². The lowest BCUT2D eigenvalue weighted by Crippen LogP contribution is -2.25. The van der Waals surface area contributed by atoms with Crippen LogP contribution in [0.4, 0.5) is 5.69 Å². The summed E-state index contributed by atoms with van der Waals surface area (Å²) in [5.74, 6) is 0.796. The number of anilines is 1. The van der Waals surface area contributed by atoms with Gasteiger partial charge in [0.1, 0.15) is 35.4 Å². The van der Waals surface area contributed by atoms with Gasteiger partial charge < -0.3 is 14.8 Å². The number of aromatic nitrogens is 2. The monoisotopic (exact) mass is 360 g/mol. The average Bonchev–Trinajstić information content (AvgIpc) is 3.02. The summed E-state index contributed by atoms with van der Waals surface area (Å²) in [5.41, 5.74) is 3.08. The first-order valence-corrected chi connectivity index (χ1v) is 8.40. The van der Waals surface area contributed by atoms with Crippen molar-refractivity contribution in [1.29, 1.82) is 5.26 Å². The number of rotatable bonds is 4. The Hall–Kier alpha value is -3.79. The Bertz CT molecular complexity index is 1050. The molecule has 27 heavy (non-hydrogen) atoms. The summed E-state index contributed by atoms with van der Waals surface area (Å²) in [5, 5.41) is 16.8. The number of hydrogen-bond donors (Lipinski definition) is 1. The molecule has 0 aliphatic carbocycles. The minimum absolute atomic E-state index is 0.0188. The van der Waals surface area contributed by atoms with Crippen LogP contribution in [0.2, 0.25) is 0 Å². The van der Waals surface area contributed by atoms with Gasteiger partial charge in [-0.15, -0.1) is 0 Å². The number of nitriles is 1. The van der Waals surface area contributed by atoms with Crippen molar-refractivity contribution in [3.05, 3.63) is 65.5 Å². The van der Waals surface area contributed by atoms with Crippen LogP contribution in [0.15, 0.2) is 48.5 Å². The number of carbonyl (C=O) groups is 1. The fourth-order valence-electron chi connectivity index (χ4n) is 2.98. The van der Waals surface area contributed by atoms with E-state index in [1.165, 1.54) is 0 Å². The van der Waals surface area contributed by atoms with Crippen molar-refractivity contribution in [2.45, 2.75) is 13.5 Å². The van der Waals surface area contributed by atoms with Crippen LogP contribution in [0, 0.1) is 18.3 Å². The Labute approximate surface area is 155 Å². The third kappa shape index (κ3) is 3.09. The zero-order valence-corrected chi connectivity index (χ0v) is 14.6. The first-order valence-electron chi connectivity index (χ1n) is 8.40. The molecule has 7 heteroatoms. The molecule has 0 spiro atoms. The molecule has 134 valence electrons. The van der Waals surface area contributed by atoms with E-state index in [9.17, 15) is 10.1 Å². The third-order valence-electron chi connectivity index (χ3n) is 4.24. The highest BCUT2D eigenvalue weighted by molar-refractivity contribution is 5.97. The molecule has 2 heterocycles. The SMILES string of the molecule is Cc1nn(-c2ccccc2)c(COc2cccc3c2NC(=O)CO3)c1C#N. The predicted molar refractivity (Wildman–Crippen MR) is 97.9 cm³/mol. The summed E-state index contributed by atoms with van der Waals surface area (Å²) in [6.45, 7) is 1.89. The molecular weight excluding hydrogens is 344 g/mol. The van der Waals surface area contributed by atoms with E-state index in [0.717, 1.165) is 5.69 Å². The number of aryl methyl sites for hydroxylation is 1. The molecule has 0 atom stereocenters. The Balaban J connectivity index is 1.69. The van der Waals surface area contributed by atoms with Crippen LogP contribution in [-0.2, 0) is 11.4 Å². The van der Waals surface area contributed by atoms with Crippen molar-refractivity contribution < 1.29 is 14.3 Å². The number of nitrogens with one attached hydrogen (secondary N) is 1. The van der Waals surface area contributed by atoms with Crippen LogP contribution in [0.5, 0.6) is 11.5 Å². The topological polar surface area (TPSA) is 89.2 Å². The normalized spacial score (nSPS) is 12.5. The van der Waals surface area contributed by atoms with Gasteiger partial charge in [-0.25, -0.2) is 4.68 Å². The maximum Gasteiger partial charge on any atom is 0.262 e. The average molecular weight is 360 g/mol. The Morgan fingerprint density at radius 1 is 1.26 bits per heavy atom. The Kier molecular flexibility index (Phi) is 4.22. The van der Waals surface area contributed by atoms with E-state index in [1.807, 2.05) is 30.3 Å². The number of nitrogens with zero attached hydrogens (tertiary/aromatic N) is 3. The summed E-state index contributed by atoms with van der Waals surface area (Å²) in [4.78, 5) is 11.6. The molecule has 1 aliphatic heterocycles. The van der Waals surface area contributed by atoms with Crippen LogP contribution in [-0.4, -0.2) is 22.3 Å². The molecule has 0 unspecified atom stereocenters. The van der Waals surface area contributed by atoms with Crippen molar-refractivity contribution in [2.75, 3.05) is 11.9 Å². The van der Waals surface area contributed by atoms with Gasteiger partial charge >= 0.3 is 0 Å². The molecule has 7 nitrogen and oxygen atoms in total. The van der Waals surface area contributed by atoms with Gasteiger partial charge in [-0.05, 0) is 31.2 Å². The molecular formula is C20H16N4O3. The zero-order valence-electron chi connectivity index (χ0n) is 14.6. The lowest BCUT2D eigenvalue weighted by atomic mass is 10.2. The van der Waals surface area contributed by atoms with E-state index in [0.29, 0.717) is 34.1 Å². The summed E-state index contributed by atoms with van der Waals surface area (Å²) in [6, 6.07) is 17.1. The standard InChI is InChI=1S/C20H16N4O3/c1-13-15(10-21)16(24(23-13)14-6-3-2-4-7-14)11-26-17-8-5-9-18-20(17)22-19(25)12-27-18/h2-9H,11-12H2,1H3,(H,22,25). The van der Waals surface area contributed by atoms with Gasteiger partial charge in [0.25, 0.3) is 5.91 Å². The van der Waals surface area contributed by atoms with Crippen molar-refractivity contribution in [2.24, 2.45) is 0 Å². The summed E-state index contributed by atoms with van der Waals surface area (Å²) in [7, 11) is 0. The lowest BCUT2D eigenvalue weighted by Gasteiger charge is -2.20. The highest BCUT2D eigenvalue weighted by atomic mass is 16.5. The maximum absolute atomic E-state index is 11.6. The fourth-order valence-corrected chi connectivity index (χ4v) is 2.98. The molecule has 0 fully saturated rings. The van der Waals surface area contributed by atoms with Gasteiger partial charge in [0.2, 0.25) is 0 Å². The minimum Gasteiger partial charge on any atom is -0.485 e. The van der Waals surface area contributed by atoms with Gasteiger partial charge in [-0.1, -0.05) is 24.3 Å². The first-order chi connectivity index (χ1) is 13.2. The van der Waals surface area contributed by atoms with E-state index in [4.69, 9.17) is 9.47 Å². The zero-order chi connectivity index (χ0) is 18.8. The number of benzene rings is 2. The smallest absolute Gasteiger partial charge is 0.262 e. The van der Waals surface area contributed by atoms with Crippen molar-refractivity contribution in [3.8, 4) is 23.3 Å². The summed E-state index contributed by atoms with van der Waals surface area (Å²) in [6.07, 6.45) is 0. The first kappa shape index (κ1) is 16.7. The third-order valence-corrected chi connectivity index (χ3v) is 4.24. The van der Waals surface area contributed by atoms with E-state index in [2.05, 4.69) is 16.5 Å². The van der Waals surface area contributed by atoms with Crippen molar-refractivity contribution in [3.63, 3.8) is 0 Å². The van der Waals surface area contributed by atoms with Gasteiger partial charge in [0, 0.05) is 0 Å². The fraction of sp³-hybridized carbons (Fsp3) is 0.150. The van der Waals surface area contributed by atoms with Gasteiger partial charge in [-0.2, -0.15) is 10.4 Å². The molecule has 1 aromatic heterocycles. The second kappa shape index (κ2) is 6.84.